The van der Waals surface area contributed by atoms with Gasteiger partial charge in [0.1, 0.15) is 11.2 Å². The molecule has 23 heavy (non-hydrogen) atoms. The first-order valence-corrected chi connectivity index (χ1v) is 8.36. The number of imidazole rings is 1. The first-order chi connectivity index (χ1) is 11.1. The number of hydrogen-bond acceptors (Lipinski definition) is 4. The SMILES string of the molecule is CC1=C(C(=O)NCCCn2ccnc2)C(=N)OC12CCCCC2. The number of nitrogens with one attached hydrogen (secondary N) is 2. The number of rotatable bonds is 5. The highest BCUT2D eigenvalue weighted by Crippen LogP contribution is 2.43. The second-order valence-electron chi connectivity index (χ2n) is 6.40. The molecular weight excluding hydrogens is 292 g/mol. The fourth-order valence-corrected chi connectivity index (χ4v) is 3.57. The Morgan fingerprint density at radius 1 is 1.43 bits per heavy atom. The van der Waals surface area contributed by atoms with Crippen LogP contribution in [-0.4, -0.2) is 33.5 Å². The highest BCUT2D eigenvalue weighted by molar-refractivity contribution is 6.19. The van der Waals surface area contributed by atoms with Gasteiger partial charge in [-0.2, -0.15) is 0 Å². The van der Waals surface area contributed by atoms with Gasteiger partial charge in [-0.25, -0.2) is 4.98 Å². The second-order valence-corrected chi connectivity index (χ2v) is 6.40. The Kier molecular flexibility index (Phi) is 4.50. The maximum absolute atomic E-state index is 12.4. The van der Waals surface area contributed by atoms with E-state index in [4.69, 9.17) is 10.1 Å². The van der Waals surface area contributed by atoms with Crippen molar-refractivity contribution in [2.75, 3.05) is 6.54 Å². The minimum absolute atomic E-state index is 0.0384. The van der Waals surface area contributed by atoms with Crippen molar-refractivity contribution < 1.29 is 9.53 Å². The molecule has 2 heterocycles. The molecular formula is C17H24N4O2. The molecule has 1 fully saturated rings. The number of amides is 1. The van der Waals surface area contributed by atoms with E-state index in [1.807, 2.05) is 17.7 Å². The lowest BCUT2D eigenvalue weighted by Crippen LogP contribution is -2.33. The molecule has 2 aliphatic rings. The average molecular weight is 316 g/mol. The molecule has 1 spiro atoms. The third kappa shape index (κ3) is 3.16. The van der Waals surface area contributed by atoms with E-state index < -0.39 is 5.60 Å². The van der Waals surface area contributed by atoms with E-state index in [1.165, 1.54) is 6.42 Å². The molecule has 2 N–H and O–H groups in total. The zero-order valence-electron chi connectivity index (χ0n) is 13.6. The molecule has 1 aromatic rings. The Morgan fingerprint density at radius 3 is 2.91 bits per heavy atom. The first kappa shape index (κ1) is 15.8. The smallest absolute Gasteiger partial charge is 0.256 e. The maximum Gasteiger partial charge on any atom is 0.256 e. The zero-order valence-corrected chi connectivity index (χ0v) is 13.6. The van der Waals surface area contributed by atoms with Crippen molar-refractivity contribution in [3.8, 4) is 0 Å². The third-order valence-corrected chi connectivity index (χ3v) is 4.91. The normalized spacial score (nSPS) is 20.0. The molecule has 1 aliphatic carbocycles. The van der Waals surface area contributed by atoms with Crippen molar-refractivity contribution in [1.29, 1.82) is 5.41 Å². The number of ether oxygens (including phenoxy) is 1. The van der Waals surface area contributed by atoms with Gasteiger partial charge in [0.05, 0.1) is 6.33 Å². The molecule has 1 amide bonds. The van der Waals surface area contributed by atoms with Crippen LogP contribution in [0.4, 0.5) is 0 Å². The van der Waals surface area contributed by atoms with Crippen LogP contribution in [0.3, 0.4) is 0 Å². The zero-order chi connectivity index (χ0) is 16.3. The lowest BCUT2D eigenvalue weighted by molar-refractivity contribution is -0.117. The Morgan fingerprint density at radius 2 is 2.22 bits per heavy atom. The van der Waals surface area contributed by atoms with E-state index in [9.17, 15) is 4.79 Å². The van der Waals surface area contributed by atoms with E-state index in [1.54, 1.807) is 12.5 Å². The van der Waals surface area contributed by atoms with Crippen LogP contribution in [0, 0.1) is 5.41 Å². The summed E-state index contributed by atoms with van der Waals surface area (Å²) in [6.45, 7) is 3.34. The summed E-state index contributed by atoms with van der Waals surface area (Å²) >= 11 is 0. The van der Waals surface area contributed by atoms with Crippen molar-refractivity contribution in [3.05, 3.63) is 29.9 Å². The van der Waals surface area contributed by atoms with Gasteiger partial charge < -0.3 is 14.6 Å². The van der Waals surface area contributed by atoms with Gasteiger partial charge in [0.2, 0.25) is 5.90 Å². The number of aryl methyl sites for hydroxylation is 1. The third-order valence-electron chi connectivity index (χ3n) is 4.91. The molecule has 0 bridgehead atoms. The molecule has 124 valence electrons. The largest absolute Gasteiger partial charge is 0.466 e. The Bertz CT molecular complexity index is 613. The molecule has 0 unspecified atom stereocenters. The van der Waals surface area contributed by atoms with Crippen molar-refractivity contribution >= 4 is 11.8 Å². The summed E-state index contributed by atoms with van der Waals surface area (Å²) in [5, 5.41) is 11.0. The van der Waals surface area contributed by atoms with E-state index in [0.717, 1.165) is 44.2 Å². The minimum Gasteiger partial charge on any atom is -0.466 e. The summed E-state index contributed by atoms with van der Waals surface area (Å²) < 4.78 is 7.82. The highest BCUT2D eigenvalue weighted by Gasteiger charge is 2.46. The van der Waals surface area contributed by atoms with Crippen LogP contribution in [0.1, 0.15) is 45.4 Å². The van der Waals surface area contributed by atoms with Gasteiger partial charge in [-0.05, 0) is 44.6 Å². The first-order valence-electron chi connectivity index (χ1n) is 8.36. The number of carbonyl (C=O) groups excluding carboxylic acids is 1. The molecule has 0 atom stereocenters. The minimum atomic E-state index is -0.390. The van der Waals surface area contributed by atoms with E-state index >= 15 is 0 Å². The summed E-state index contributed by atoms with van der Waals surface area (Å²) in [6, 6.07) is 0. The standard InChI is InChI=1S/C17H24N4O2/c1-13-14(15(18)23-17(13)6-3-2-4-7-17)16(22)20-8-5-10-21-11-9-19-12-21/h9,11-12,18H,2-8,10H2,1H3,(H,20,22). The molecule has 1 saturated carbocycles. The van der Waals surface area contributed by atoms with E-state index in [2.05, 4.69) is 10.3 Å². The van der Waals surface area contributed by atoms with Crippen LogP contribution in [-0.2, 0) is 16.1 Å². The lowest BCUT2D eigenvalue weighted by atomic mass is 9.79. The number of aromatic nitrogens is 2. The monoisotopic (exact) mass is 316 g/mol. The van der Waals surface area contributed by atoms with Crippen LogP contribution in [0.25, 0.3) is 0 Å². The summed E-state index contributed by atoms with van der Waals surface area (Å²) in [5.74, 6) is -0.142. The Balaban J connectivity index is 1.58. The summed E-state index contributed by atoms with van der Waals surface area (Å²) in [6.07, 6.45) is 11.5. The van der Waals surface area contributed by atoms with E-state index in [-0.39, 0.29) is 11.8 Å². The fourth-order valence-electron chi connectivity index (χ4n) is 3.57. The molecule has 1 aromatic heterocycles. The van der Waals surface area contributed by atoms with Gasteiger partial charge in [0.25, 0.3) is 5.91 Å². The van der Waals surface area contributed by atoms with Gasteiger partial charge in [-0.3, -0.25) is 10.2 Å². The predicted molar refractivity (Wildman–Crippen MR) is 87.2 cm³/mol. The van der Waals surface area contributed by atoms with Crippen LogP contribution in [0.15, 0.2) is 29.9 Å². The quantitative estimate of drug-likeness (QED) is 0.819. The number of carbonyl (C=O) groups is 1. The molecule has 6 nitrogen and oxygen atoms in total. The van der Waals surface area contributed by atoms with Gasteiger partial charge in [-0.1, -0.05) is 6.42 Å². The highest BCUT2D eigenvalue weighted by atomic mass is 16.5. The van der Waals surface area contributed by atoms with Gasteiger partial charge >= 0.3 is 0 Å². The van der Waals surface area contributed by atoms with Crippen LogP contribution in [0.5, 0.6) is 0 Å². The van der Waals surface area contributed by atoms with Crippen molar-refractivity contribution in [2.24, 2.45) is 0 Å². The van der Waals surface area contributed by atoms with Crippen molar-refractivity contribution in [3.63, 3.8) is 0 Å². The average Bonchev–Trinajstić information content (AvgIpc) is 3.13. The maximum atomic E-state index is 12.4. The van der Waals surface area contributed by atoms with Gasteiger partial charge in [0, 0.05) is 25.5 Å². The van der Waals surface area contributed by atoms with Gasteiger partial charge in [-0.15, -0.1) is 0 Å². The molecule has 0 aromatic carbocycles. The molecule has 0 radical (unpaired) electrons. The summed E-state index contributed by atoms with van der Waals surface area (Å²) in [5.41, 5.74) is 0.988. The summed E-state index contributed by atoms with van der Waals surface area (Å²) in [4.78, 5) is 16.4. The van der Waals surface area contributed by atoms with Crippen LogP contribution >= 0.6 is 0 Å². The number of nitrogens with zero attached hydrogens (tertiary/aromatic N) is 2. The predicted octanol–water partition coefficient (Wildman–Crippen LogP) is 2.42. The van der Waals surface area contributed by atoms with Crippen molar-refractivity contribution in [1.82, 2.24) is 14.9 Å². The second kappa shape index (κ2) is 6.56. The Hall–Kier alpha value is -2.11. The van der Waals surface area contributed by atoms with E-state index in [0.29, 0.717) is 12.1 Å². The number of hydrogen-bond donors (Lipinski definition) is 2. The van der Waals surface area contributed by atoms with Crippen LogP contribution < -0.4 is 5.32 Å². The molecule has 6 heteroatoms. The van der Waals surface area contributed by atoms with Gasteiger partial charge in [0.15, 0.2) is 0 Å². The molecule has 0 saturated heterocycles. The summed E-state index contributed by atoms with van der Waals surface area (Å²) in [7, 11) is 0. The molecule has 1 aliphatic heterocycles. The molecule has 3 rings (SSSR count). The van der Waals surface area contributed by atoms with Crippen molar-refractivity contribution in [2.45, 2.75) is 57.6 Å². The van der Waals surface area contributed by atoms with Crippen LogP contribution in [0.2, 0.25) is 0 Å². The lowest BCUT2D eigenvalue weighted by Gasteiger charge is -2.33. The topological polar surface area (TPSA) is 80.0 Å². The fraction of sp³-hybridized carbons (Fsp3) is 0.588. The Labute approximate surface area is 136 Å².